The summed E-state index contributed by atoms with van der Waals surface area (Å²) in [7, 11) is 0. The molecule has 1 atom stereocenters. The highest BCUT2D eigenvalue weighted by Crippen LogP contribution is 2.14. The first kappa shape index (κ1) is 68.1. The van der Waals surface area contributed by atoms with Crippen LogP contribution in [0, 0.1) is 0 Å². The van der Waals surface area contributed by atoms with Crippen molar-refractivity contribution >= 4 is 17.9 Å². The lowest BCUT2D eigenvalue weighted by molar-refractivity contribution is -0.167. The Balaban J connectivity index is 4.27. The summed E-state index contributed by atoms with van der Waals surface area (Å²) in [6, 6.07) is 0. The van der Waals surface area contributed by atoms with Crippen LogP contribution in [0.5, 0.6) is 0 Å². The normalized spacial score (nSPS) is 12.9. The fourth-order valence-electron chi connectivity index (χ4n) is 8.04. The Bertz CT molecular complexity index is 1470. The first-order valence-corrected chi connectivity index (χ1v) is 29.9. The van der Waals surface area contributed by atoms with E-state index in [0.717, 1.165) is 135 Å². The van der Waals surface area contributed by atoms with Gasteiger partial charge in [0.05, 0.1) is 0 Å². The van der Waals surface area contributed by atoms with Crippen molar-refractivity contribution in [1.29, 1.82) is 0 Å². The minimum absolute atomic E-state index is 0.0865. The number of esters is 3. The maximum absolute atomic E-state index is 12.8. The molecule has 0 saturated heterocycles. The zero-order chi connectivity index (χ0) is 52.2. The van der Waals surface area contributed by atoms with Gasteiger partial charge in [0, 0.05) is 19.3 Å². The molecule has 0 radical (unpaired) electrons. The van der Waals surface area contributed by atoms with Crippen LogP contribution in [0.3, 0.4) is 0 Å². The third-order valence-corrected chi connectivity index (χ3v) is 12.5. The summed E-state index contributed by atoms with van der Waals surface area (Å²) in [4.78, 5) is 38.1. The van der Waals surface area contributed by atoms with Crippen LogP contribution in [0.4, 0.5) is 0 Å². The number of ether oxygens (including phenoxy) is 3. The molecule has 6 nitrogen and oxygen atoms in total. The van der Waals surface area contributed by atoms with Crippen LogP contribution in [0.25, 0.3) is 0 Å². The van der Waals surface area contributed by atoms with Gasteiger partial charge in [-0.2, -0.15) is 0 Å². The first-order valence-electron chi connectivity index (χ1n) is 29.9. The van der Waals surface area contributed by atoms with Crippen LogP contribution in [0.2, 0.25) is 0 Å². The molecule has 0 N–H and O–H groups in total. The molecular formula is C66H110O6. The van der Waals surface area contributed by atoms with Gasteiger partial charge in [-0.05, 0) is 109 Å². The van der Waals surface area contributed by atoms with E-state index in [1.54, 1.807) is 0 Å². The van der Waals surface area contributed by atoms with Crippen LogP contribution in [-0.4, -0.2) is 37.2 Å². The number of hydrogen-bond acceptors (Lipinski definition) is 6. The largest absolute Gasteiger partial charge is 0.462 e. The van der Waals surface area contributed by atoms with Gasteiger partial charge in [0.15, 0.2) is 6.10 Å². The average molecular weight is 1000 g/mol. The van der Waals surface area contributed by atoms with Gasteiger partial charge < -0.3 is 14.2 Å². The summed E-state index contributed by atoms with van der Waals surface area (Å²) in [6.07, 6.45) is 80.9. The van der Waals surface area contributed by atoms with Crippen molar-refractivity contribution in [2.45, 2.75) is 277 Å². The summed E-state index contributed by atoms with van der Waals surface area (Å²) in [6.45, 7) is 6.47. The maximum Gasteiger partial charge on any atom is 0.306 e. The number of rotatable bonds is 53. The van der Waals surface area contributed by atoms with Crippen molar-refractivity contribution in [3.63, 3.8) is 0 Å². The number of hydrogen-bond donors (Lipinski definition) is 0. The summed E-state index contributed by atoms with van der Waals surface area (Å²) < 4.78 is 16.8. The quantitative estimate of drug-likeness (QED) is 0.0261. The zero-order valence-electron chi connectivity index (χ0n) is 46.9. The molecule has 0 saturated carbocycles. The maximum atomic E-state index is 12.8. The van der Waals surface area contributed by atoms with Crippen molar-refractivity contribution in [2.24, 2.45) is 0 Å². The SMILES string of the molecule is CC/C=C\C/C=C\C/C=C\C/C=C\C/C=C\C/C=C\C/C=C\CCCCCCCCCC(=O)OCC(COC(=O)CCCCCCCCCCC)OC(=O)CCCCCCC/C=C\C/C=C\CCCCCC. The minimum atomic E-state index is -0.789. The second-order valence-electron chi connectivity index (χ2n) is 19.5. The molecule has 410 valence electrons. The zero-order valence-corrected chi connectivity index (χ0v) is 46.9. The second-order valence-corrected chi connectivity index (χ2v) is 19.5. The van der Waals surface area contributed by atoms with Crippen molar-refractivity contribution in [3.05, 3.63) is 109 Å². The van der Waals surface area contributed by atoms with Gasteiger partial charge in [-0.15, -0.1) is 0 Å². The van der Waals surface area contributed by atoms with Gasteiger partial charge in [0.1, 0.15) is 13.2 Å². The van der Waals surface area contributed by atoms with Gasteiger partial charge in [0.25, 0.3) is 0 Å². The van der Waals surface area contributed by atoms with E-state index in [4.69, 9.17) is 14.2 Å². The molecule has 72 heavy (non-hydrogen) atoms. The molecule has 0 aliphatic carbocycles. The van der Waals surface area contributed by atoms with Crippen molar-refractivity contribution in [2.75, 3.05) is 13.2 Å². The molecule has 0 spiro atoms. The lowest BCUT2D eigenvalue weighted by atomic mass is 10.1. The van der Waals surface area contributed by atoms with E-state index in [0.29, 0.717) is 19.3 Å². The molecule has 0 aliphatic heterocycles. The molecule has 1 unspecified atom stereocenters. The van der Waals surface area contributed by atoms with Crippen LogP contribution in [0.1, 0.15) is 271 Å². The summed E-state index contributed by atoms with van der Waals surface area (Å²) >= 11 is 0. The lowest BCUT2D eigenvalue weighted by Crippen LogP contribution is -2.30. The van der Waals surface area contributed by atoms with Gasteiger partial charge in [0.2, 0.25) is 0 Å². The highest BCUT2D eigenvalue weighted by Gasteiger charge is 2.19. The van der Waals surface area contributed by atoms with Crippen molar-refractivity contribution < 1.29 is 28.6 Å². The molecule has 6 heteroatoms. The Morgan fingerprint density at radius 1 is 0.292 bits per heavy atom. The first-order chi connectivity index (χ1) is 35.5. The van der Waals surface area contributed by atoms with Crippen molar-refractivity contribution in [1.82, 2.24) is 0 Å². The Labute approximate surface area is 444 Å². The number of unbranched alkanes of at least 4 members (excludes halogenated alkanes) is 24. The highest BCUT2D eigenvalue weighted by atomic mass is 16.6. The van der Waals surface area contributed by atoms with E-state index in [1.165, 1.54) is 96.3 Å². The van der Waals surface area contributed by atoms with E-state index >= 15 is 0 Å². The average Bonchev–Trinajstić information content (AvgIpc) is 3.38. The molecule has 0 bridgehead atoms. The van der Waals surface area contributed by atoms with E-state index in [-0.39, 0.29) is 31.1 Å². The molecule has 0 amide bonds. The minimum Gasteiger partial charge on any atom is -0.462 e. The van der Waals surface area contributed by atoms with Gasteiger partial charge in [-0.3, -0.25) is 14.4 Å². The number of carbonyl (C=O) groups is 3. The summed E-state index contributed by atoms with van der Waals surface area (Å²) in [5.74, 6) is -0.913. The number of carbonyl (C=O) groups excluding carboxylic acids is 3. The third-order valence-electron chi connectivity index (χ3n) is 12.5. The Kier molecular flexibility index (Phi) is 56.4. The molecule has 0 heterocycles. The van der Waals surface area contributed by atoms with Gasteiger partial charge >= 0.3 is 17.9 Å². The van der Waals surface area contributed by atoms with Crippen LogP contribution in [-0.2, 0) is 28.6 Å². The molecule has 0 aromatic heterocycles. The highest BCUT2D eigenvalue weighted by molar-refractivity contribution is 5.71. The fraction of sp³-hybridized carbons (Fsp3) is 0.682. The molecule has 0 aromatic rings. The molecule has 0 aliphatic rings. The predicted octanol–water partition coefficient (Wildman–Crippen LogP) is 20.3. The predicted molar refractivity (Wildman–Crippen MR) is 311 cm³/mol. The van der Waals surface area contributed by atoms with Crippen LogP contribution in [0.15, 0.2) is 109 Å². The van der Waals surface area contributed by atoms with E-state index < -0.39 is 6.10 Å². The summed E-state index contributed by atoms with van der Waals surface area (Å²) in [5, 5.41) is 0. The molecule has 0 fully saturated rings. The van der Waals surface area contributed by atoms with E-state index in [9.17, 15) is 14.4 Å². The number of allylic oxidation sites excluding steroid dienone is 18. The van der Waals surface area contributed by atoms with Crippen LogP contribution < -0.4 is 0 Å². The fourth-order valence-corrected chi connectivity index (χ4v) is 8.04. The Morgan fingerprint density at radius 3 is 0.861 bits per heavy atom. The van der Waals surface area contributed by atoms with E-state index in [1.807, 2.05) is 0 Å². The van der Waals surface area contributed by atoms with Crippen LogP contribution >= 0.6 is 0 Å². The lowest BCUT2D eigenvalue weighted by Gasteiger charge is -2.18. The molecule has 0 aromatic carbocycles. The smallest absolute Gasteiger partial charge is 0.306 e. The van der Waals surface area contributed by atoms with Crippen molar-refractivity contribution in [3.8, 4) is 0 Å². The third kappa shape index (κ3) is 57.0. The molecule has 0 rings (SSSR count). The Morgan fingerprint density at radius 2 is 0.542 bits per heavy atom. The second kappa shape index (κ2) is 59.6. The monoisotopic (exact) mass is 999 g/mol. The van der Waals surface area contributed by atoms with Gasteiger partial charge in [-0.1, -0.05) is 252 Å². The topological polar surface area (TPSA) is 78.9 Å². The molecular weight excluding hydrogens is 889 g/mol. The Hall–Kier alpha value is -3.93. The standard InChI is InChI=1S/C66H110O6/c1-4-7-10-13-16-19-21-23-25-27-28-29-30-31-32-33-34-35-36-37-38-39-41-42-44-47-50-53-56-59-65(68)71-62-63(61-70-64(67)58-55-52-49-46-18-15-12-9-6-3)72-66(69)60-57-54-51-48-45-43-40-26-24-22-20-17-14-11-8-5-2/h7,10,16,19-20,22-23,25-26,28-29,31-32,34-35,37-38,40,63H,4-6,8-9,11-15,17-18,21,24,27,30,33,36,39,41-62H2,1-3H3/b10-7-,19-16-,22-20-,25-23-,29-28-,32-31-,35-34-,38-37-,40-26-. The van der Waals surface area contributed by atoms with E-state index in [2.05, 4.69) is 130 Å². The van der Waals surface area contributed by atoms with Gasteiger partial charge in [-0.25, -0.2) is 0 Å². The summed E-state index contributed by atoms with van der Waals surface area (Å²) in [5.41, 5.74) is 0.